The zero-order valence-electron chi connectivity index (χ0n) is 13.0. The van der Waals surface area contributed by atoms with Crippen molar-refractivity contribution in [2.45, 2.75) is 6.42 Å². The van der Waals surface area contributed by atoms with Crippen molar-refractivity contribution in [2.24, 2.45) is 0 Å². The lowest BCUT2D eigenvalue weighted by Gasteiger charge is -2.07. The van der Waals surface area contributed by atoms with Gasteiger partial charge in [0, 0.05) is 6.07 Å². The van der Waals surface area contributed by atoms with Crippen LogP contribution >= 0.6 is 0 Å². The fourth-order valence-corrected chi connectivity index (χ4v) is 2.16. The van der Waals surface area contributed by atoms with Crippen LogP contribution in [-0.2, 0) is 11.2 Å². The molecule has 0 aliphatic carbocycles. The highest BCUT2D eigenvalue weighted by Crippen LogP contribution is 2.19. The molecule has 0 fully saturated rings. The molecule has 1 aromatic heterocycles. The zero-order chi connectivity index (χ0) is 17.6. The Bertz CT molecular complexity index is 870. The van der Waals surface area contributed by atoms with Crippen LogP contribution in [0.4, 0.5) is 26.1 Å². The summed E-state index contributed by atoms with van der Waals surface area (Å²) in [6, 6.07) is 15.6. The Morgan fingerprint density at radius 3 is 2.32 bits per heavy atom. The van der Waals surface area contributed by atoms with E-state index in [1.165, 1.54) is 12.1 Å². The third-order valence-corrected chi connectivity index (χ3v) is 3.33. The summed E-state index contributed by atoms with van der Waals surface area (Å²) in [5, 5.41) is 13.1. The van der Waals surface area contributed by atoms with Crippen LogP contribution in [0.25, 0.3) is 0 Å². The minimum absolute atomic E-state index is 0.0802. The molecule has 0 aliphatic rings. The van der Waals surface area contributed by atoms with E-state index in [1.807, 2.05) is 30.3 Å². The van der Waals surface area contributed by atoms with E-state index < -0.39 is 11.6 Å². The molecule has 1 heterocycles. The predicted octanol–water partition coefficient (Wildman–Crippen LogP) is 3.68. The molecule has 25 heavy (non-hydrogen) atoms. The van der Waals surface area contributed by atoms with Gasteiger partial charge in [0.05, 0.1) is 12.1 Å². The van der Waals surface area contributed by atoms with Gasteiger partial charge in [0.15, 0.2) is 11.6 Å². The smallest absolute Gasteiger partial charge is 0.229 e. The maximum atomic E-state index is 13.6. The SMILES string of the molecule is O=C(Cc1ccccc1)Nc1ccc(Nc2ccc(F)cc2F)nn1. The summed E-state index contributed by atoms with van der Waals surface area (Å²) in [5.74, 6) is -1.06. The number of hydrogen-bond donors (Lipinski definition) is 2. The van der Waals surface area contributed by atoms with E-state index in [0.717, 1.165) is 17.7 Å². The van der Waals surface area contributed by atoms with Gasteiger partial charge in [-0.3, -0.25) is 4.79 Å². The van der Waals surface area contributed by atoms with Crippen molar-refractivity contribution in [1.82, 2.24) is 10.2 Å². The summed E-state index contributed by atoms with van der Waals surface area (Å²) in [7, 11) is 0. The summed E-state index contributed by atoms with van der Waals surface area (Å²) in [6.45, 7) is 0. The molecule has 0 aliphatic heterocycles. The van der Waals surface area contributed by atoms with Crippen molar-refractivity contribution in [3.05, 3.63) is 77.9 Å². The second kappa shape index (κ2) is 7.48. The van der Waals surface area contributed by atoms with E-state index in [0.29, 0.717) is 0 Å². The minimum atomic E-state index is -0.734. The van der Waals surface area contributed by atoms with Gasteiger partial charge in [-0.2, -0.15) is 0 Å². The first-order chi connectivity index (χ1) is 12.1. The van der Waals surface area contributed by atoms with Gasteiger partial charge in [-0.25, -0.2) is 8.78 Å². The molecule has 0 saturated heterocycles. The maximum absolute atomic E-state index is 13.6. The molecule has 2 N–H and O–H groups in total. The number of carbonyl (C=O) groups is 1. The first-order valence-corrected chi connectivity index (χ1v) is 7.50. The Morgan fingerprint density at radius 1 is 0.920 bits per heavy atom. The van der Waals surface area contributed by atoms with Gasteiger partial charge in [0.1, 0.15) is 11.6 Å². The number of carbonyl (C=O) groups excluding carboxylic acids is 1. The number of hydrogen-bond acceptors (Lipinski definition) is 4. The molecule has 3 rings (SSSR count). The van der Waals surface area contributed by atoms with Crippen LogP contribution in [0.2, 0.25) is 0 Å². The monoisotopic (exact) mass is 340 g/mol. The van der Waals surface area contributed by atoms with Gasteiger partial charge in [-0.1, -0.05) is 30.3 Å². The number of aromatic nitrogens is 2. The van der Waals surface area contributed by atoms with E-state index in [2.05, 4.69) is 20.8 Å². The standard InChI is InChI=1S/C18H14F2N4O/c19-13-6-7-15(14(20)11-13)21-16-8-9-17(24-23-16)22-18(25)10-12-4-2-1-3-5-12/h1-9,11H,10H2,(H,21,23)(H,22,24,25). The lowest BCUT2D eigenvalue weighted by molar-refractivity contribution is -0.115. The number of halogens is 2. The fraction of sp³-hybridized carbons (Fsp3) is 0.0556. The number of nitrogens with one attached hydrogen (secondary N) is 2. The largest absolute Gasteiger partial charge is 0.336 e. The van der Waals surface area contributed by atoms with E-state index in [4.69, 9.17) is 0 Å². The first-order valence-electron chi connectivity index (χ1n) is 7.50. The topological polar surface area (TPSA) is 66.9 Å². The van der Waals surface area contributed by atoms with Crippen molar-refractivity contribution in [1.29, 1.82) is 0 Å². The molecule has 0 saturated carbocycles. The zero-order valence-corrected chi connectivity index (χ0v) is 13.0. The maximum Gasteiger partial charge on any atom is 0.229 e. The third-order valence-electron chi connectivity index (χ3n) is 3.33. The molecular formula is C18H14F2N4O. The van der Waals surface area contributed by atoms with Crippen LogP contribution in [0, 0.1) is 11.6 Å². The predicted molar refractivity (Wildman–Crippen MR) is 90.4 cm³/mol. The second-order valence-corrected chi connectivity index (χ2v) is 5.26. The molecule has 1 amide bonds. The highest BCUT2D eigenvalue weighted by molar-refractivity contribution is 5.91. The van der Waals surface area contributed by atoms with Gasteiger partial charge >= 0.3 is 0 Å². The Balaban J connectivity index is 1.61. The van der Waals surface area contributed by atoms with Crippen molar-refractivity contribution < 1.29 is 13.6 Å². The normalized spacial score (nSPS) is 10.3. The lowest BCUT2D eigenvalue weighted by Crippen LogP contribution is -2.15. The van der Waals surface area contributed by atoms with Crippen LogP contribution in [-0.4, -0.2) is 16.1 Å². The highest BCUT2D eigenvalue weighted by Gasteiger charge is 2.07. The minimum Gasteiger partial charge on any atom is -0.336 e. The Hall–Kier alpha value is -3.35. The number of anilines is 3. The Labute approximate surface area is 142 Å². The van der Waals surface area contributed by atoms with Crippen molar-refractivity contribution in [3.63, 3.8) is 0 Å². The highest BCUT2D eigenvalue weighted by atomic mass is 19.1. The number of benzene rings is 2. The molecular weight excluding hydrogens is 326 g/mol. The Morgan fingerprint density at radius 2 is 1.64 bits per heavy atom. The molecule has 0 bridgehead atoms. The average Bonchev–Trinajstić information content (AvgIpc) is 2.60. The number of nitrogens with zero attached hydrogens (tertiary/aromatic N) is 2. The summed E-state index contributed by atoms with van der Waals surface area (Å²) < 4.78 is 26.5. The molecule has 3 aromatic rings. The fourth-order valence-electron chi connectivity index (χ4n) is 2.16. The van der Waals surface area contributed by atoms with Crippen LogP contribution in [0.3, 0.4) is 0 Å². The molecule has 7 heteroatoms. The number of rotatable bonds is 5. The average molecular weight is 340 g/mol. The van der Waals surface area contributed by atoms with Crippen molar-refractivity contribution >= 4 is 23.2 Å². The van der Waals surface area contributed by atoms with Gasteiger partial charge in [0.2, 0.25) is 5.91 Å². The molecule has 2 aromatic carbocycles. The van der Waals surface area contributed by atoms with Crippen LogP contribution < -0.4 is 10.6 Å². The third kappa shape index (κ3) is 4.57. The van der Waals surface area contributed by atoms with Crippen LogP contribution in [0.15, 0.2) is 60.7 Å². The van der Waals surface area contributed by atoms with E-state index in [-0.39, 0.29) is 29.7 Å². The van der Waals surface area contributed by atoms with Gasteiger partial charge in [-0.05, 0) is 29.8 Å². The molecule has 126 valence electrons. The van der Waals surface area contributed by atoms with Crippen molar-refractivity contribution in [2.75, 3.05) is 10.6 Å². The summed E-state index contributed by atoms with van der Waals surface area (Å²) in [5.41, 5.74) is 0.967. The van der Waals surface area contributed by atoms with Crippen molar-refractivity contribution in [3.8, 4) is 0 Å². The first kappa shape index (κ1) is 16.5. The molecule has 0 unspecified atom stereocenters. The second-order valence-electron chi connectivity index (χ2n) is 5.26. The summed E-state index contributed by atoms with van der Waals surface area (Å²) in [6.07, 6.45) is 0.226. The summed E-state index contributed by atoms with van der Waals surface area (Å²) in [4.78, 5) is 12.0. The van der Waals surface area contributed by atoms with E-state index in [9.17, 15) is 13.6 Å². The van der Waals surface area contributed by atoms with Crippen LogP contribution in [0.5, 0.6) is 0 Å². The van der Waals surface area contributed by atoms with Gasteiger partial charge in [0.25, 0.3) is 0 Å². The van der Waals surface area contributed by atoms with E-state index >= 15 is 0 Å². The lowest BCUT2D eigenvalue weighted by atomic mass is 10.1. The van der Waals surface area contributed by atoms with Gasteiger partial charge < -0.3 is 10.6 Å². The Kier molecular flexibility index (Phi) is 4.94. The van der Waals surface area contributed by atoms with Gasteiger partial charge in [-0.15, -0.1) is 10.2 Å². The number of amides is 1. The van der Waals surface area contributed by atoms with E-state index in [1.54, 1.807) is 6.07 Å². The molecule has 0 atom stereocenters. The molecule has 0 spiro atoms. The quantitative estimate of drug-likeness (QED) is 0.743. The van der Waals surface area contributed by atoms with Crippen LogP contribution in [0.1, 0.15) is 5.56 Å². The molecule has 5 nitrogen and oxygen atoms in total. The molecule has 0 radical (unpaired) electrons. The summed E-state index contributed by atoms with van der Waals surface area (Å²) >= 11 is 0.